The van der Waals surface area contributed by atoms with Gasteiger partial charge in [-0.05, 0) is 11.6 Å². The largest absolute Gasteiger partial charge is 0.462 e. The van der Waals surface area contributed by atoms with Crippen molar-refractivity contribution in [1.82, 2.24) is 0 Å². The van der Waals surface area contributed by atoms with E-state index in [0.29, 0.717) is 5.69 Å². The second-order valence-electron chi connectivity index (χ2n) is 6.68. The van der Waals surface area contributed by atoms with Crippen molar-refractivity contribution in [2.45, 2.75) is 32.3 Å². The molecule has 2 aliphatic rings. The van der Waals surface area contributed by atoms with Gasteiger partial charge in [-0.1, -0.05) is 32.0 Å². The van der Waals surface area contributed by atoms with E-state index in [9.17, 15) is 14.4 Å². The quantitative estimate of drug-likeness (QED) is 0.775. The number of carbonyl (C=O) groups excluding carboxylic acids is 3. The standard InChI is InChI=1S/C17H19NO5/c1-17(2)9-22-16(21)14(17)23-15(20)11-8-13(19)18(3)12-7-5-4-6-10(11)12/h4-7,11,14H,8-9H2,1-3H3/t11-,14+/m1/s1. The number of nitrogens with zero attached hydrogens (tertiary/aromatic N) is 1. The SMILES string of the molecule is CN1C(=O)C[C@@H](C(=O)O[C@H]2C(=O)OCC2(C)C)c2ccccc21. The minimum atomic E-state index is -0.933. The van der Waals surface area contributed by atoms with Crippen LogP contribution >= 0.6 is 0 Å². The smallest absolute Gasteiger partial charge is 0.348 e. The summed E-state index contributed by atoms with van der Waals surface area (Å²) in [5, 5.41) is 0. The number of benzene rings is 1. The van der Waals surface area contributed by atoms with Crippen LogP contribution < -0.4 is 4.90 Å². The van der Waals surface area contributed by atoms with E-state index < -0.39 is 29.4 Å². The first-order chi connectivity index (χ1) is 10.8. The third-order valence-corrected chi connectivity index (χ3v) is 4.46. The normalized spacial score (nSPS) is 25.8. The number of para-hydroxylation sites is 1. The first kappa shape index (κ1) is 15.5. The third kappa shape index (κ3) is 2.58. The van der Waals surface area contributed by atoms with Gasteiger partial charge in [-0.3, -0.25) is 9.59 Å². The van der Waals surface area contributed by atoms with Crippen molar-refractivity contribution in [3.8, 4) is 0 Å². The Morgan fingerprint density at radius 3 is 2.65 bits per heavy atom. The monoisotopic (exact) mass is 317 g/mol. The molecule has 0 N–H and O–H groups in total. The average Bonchev–Trinajstić information content (AvgIpc) is 2.77. The lowest BCUT2D eigenvalue weighted by Crippen LogP contribution is -2.40. The summed E-state index contributed by atoms with van der Waals surface area (Å²) >= 11 is 0. The predicted molar refractivity (Wildman–Crippen MR) is 81.8 cm³/mol. The summed E-state index contributed by atoms with van der Waals surface area (Å²) in [5.74, 6) is -1.94. The van der Waals surface area contributed by atoms with Gasteiger partial charge in [-0.25, -0.2) is 4.79 Å². The van der Waals surface area contributed by atoms with E-state index in [1.54, 1.807) is 13.1 Å². The van der Waals surface area contributed by atoms with Gasteiger partial charge in [0.15, 0.2) is 0 Å². The Morgan fingerprint density at radius 2 is 2.00 bits per heavy atom. The highest BCUT2D eigenvalue weighted by Crippen LogP contribution is 2.38. The number of anilines is 1. The van der Waals surface area contributed by atoms with E-state index in [1.165, 1.54) is 4.90 Å². The molecule has 122 valence electrons. The van der Waals surface area contributed by atoms with Gasteiger partial charge in [-0.15, -0.1) is 0 Å². The molecule has 0 bridgehead atoms. The molecule has 23 heavy (non-hydrogen) atoms. The van der Waals surface area contributed by atoms with Crippen LogP contribution in [0.25, 0.3) is 0 Å². The summed E-state index contributed by atoms with van der Waals surface area (Å²) in [6.45, 7) is 3.83. The van der Waals surface area contributed by atoms with Crippen molar-refractivity contribution in [2.75, 3.05) is 18.6 Å². The fourth-order valence-electron chi connectivity index (χ4n) is 2.99. The summed E-state index contributed by atoms with van der Waals surface area (Å²) < 4.78 is 10.4. The van der Waals surface area contributed by atoms with Gasteiger partial charge in [0.05, 0.1) is 5.92 Å². The molecule has 1 fully saturated rings. The summed E-state index contributed by atoms with van der Waals surface area (Å²) in [5.41, 5.74) is 0.865. The van der Waals surface area contributed by atoms with Crippen LogP contribution in [-0.2, 0) is 23.9 Å². The van der Waals surface area contributed by atoms with Crippen LogP contribution in [0.1, 0.15) is 31.7 Å². The first-order valence-electron chi connectivity index (χ1n) is 7.54. The van der Waals surface area contributed by atoms with Crippen LogP contribution in [0.2, 0.25) is 0 Å². The molecule has 1 amide bonds. The van der Waals surface area contributed by atoms with Crippen molar-refractivity contribution in [1.29, 1.82) is 0 Å². The van der Waals surface area contributed by atoms with Crippen molar-refractivity contribution in [3.63, 3.8) is 0 Å². The van der Waals surface area contributed by atoms with Crippen molar-refractivity contribution >= 4 is 23.5 Å². The molecule has 0 aliphatic carbocycles. The topological polar surface area (TPSA) is 72.9 Å². The molecule has 3 rings (SSSR count). The summed E-state index contributed by atoms with van der Waals surface area (Å²) in [6, 6.07) is 7.23. The Hall–Kier alpha value is -2.37. The van der Waals surface area contributed by atoms with E-state index in [4.69, 9.17) is 9.47 Å². The maximum absolute atomic E-state index is 12.6. The van der Waals surface area contributed by atoms with Gasteiger partial charge in [-0.2, -0.15) is 0 Å². The van der Waals surface area contributed by atoms with Crippen LogP contribution in [0.15, 0.2) is 24.3 Å². The van der Waals surface area contributed by atoms with Crippen LogP contribution in [0.3, 0.4) is 0 Å². The number of hydrogen-bond donors (Lipinski definition) is 0. The molecule has 2 atom stereocenters. The number of ether oxygens (including phenoxy) is 2. The molecule has 2 heterocycles. The van der Waals surface area contributed by atoms with Gasteiger partial charge in [0.25, 0.3) is 0 Å². The second-order valence-corrected chi connectivity index (χ2v) is 6.68. The van der Waals surface area contributed by atoms with Crippen molar-refractivity contribution in [2.24, 2.45) is 5.41 Å². The van der Waals surface area contributed by atoms with Crippen molar-refractivity contribution in [3.05, 3.63) is 29.8 Å². The minimum absolute atomic E-state index is 0.0363. The number of esters is 2. The molecule has 0 saturated carbocycles. The Balaban J connectivity index is 1.87. The molecule has 0 aromatic heterocycles. The zero-order chi connectivity index (χ0) is 16.8. The Kier molecular flexibility index (Phi) is 3.62. The van der Waals surface area contributed by atoms with Crippen LogP contribution in [0.5, 0.6) is 0 Å². The minimum Gasteiger partial charge on any atom is -0.462 e. The molecule has 0 radical (unpaired) electrons. The van der Waals surface area contributed by atoms with Crippen LogP contribution in [-0.4, -0.2) is 37.6 Å². The molecule has 0 unspecified atom stereocenters. The lowest BCUT2D eigenvalue weighted by molar-refractivity contribution is -0.164. The zero-order valence-electron chi connectivity index (χ0n) is 13.4. The second kappa shape index (κ2) is 5.37. The maximum atomic E-state index is 12.6. The van der Waals surface area contributed by atoms with Crippen molar-refractivity contribution < 1.29 is 23.9 Å². The number of carbonyl (C=O) groups is 3. The van der Waals surface area contributed by atoms with Gasteiger partial charge in [0, 0.05) is 24.6 Å². The number of cyclic esters (lactones) is 1. The molecule has 1 saturated heterocycles. The summed E-state index contributed by atoms with van der Waals surface area (Å²) in [7, 11) is 1.68. The lowest BCUT2D eigenvalue weighted by atomic mass is 9.88. The van der Waals surface area contributed by atoms with Gasteiger partial charge >= 0.3 is 11.9 Å². The number of fused-ring (bicyclic) bond motifs is 1. The van der Waals surface area contributed by atoms with E-state index in [2.05, 4.69) is 0 Å². The predicted octanol–water partition coefficient (Wildman–Crippen LogP) is 1.63. The summed E-state index contributed by atoms with van der Waals surface area (Å²) in [4.78, 5) is 38.1. The lowest BCUT2D eigenvalue weighted by Gasteiger charge is -2.31. The summed E-state index contributed by atoms with van der Waals surface area (Å²) in [6.07, 6.45) is -0.897. The van der Waals surface area contributed by atoms with E-state index >= 15 is 0 Å². The Labute approximate surface area is 134 Å². The maximum Gasteiger partial charge on any atom is 0.348 e. The third-order valence-electron chi connectivity index (χ3n) is 4.46. The van der Waals surface area contributed by atoms with E-state index in [0.717, 1.165) is 5.56 Å². The van der Waals surface area contributed by atoms with Crippen LogP contribution in [0, 0.1) is 5.41 Å². The highest BCUT2D eigenvalue weighted by molar-refractivity contribution is 6.01. The number of amides is 1. The number of rotatable bonds is 2. The molecule has 1 aromatic carbocycles. The molecule has 6 heteroatoms. The Bertz CT molecular complexity index is 681. The fraction of sp³-hybridized carbons (Fsp3) is 0.471. The van der Waals surface area contributed by atoms with Gasteiger partial charge in [0.2, 0.25) is 12.0 Å². The van der Waals surface area contributed by atoms with E-state index in [-0.39, 0.29) is 18.9 Å². The first-order valence-corrected chi connectivity index (χ1v) is 7.54. The molecule has 0 spiro atoms. The Morgan fingerprint density at radius 1 is 1.30 bits per heavy atom. The van der Waals surface area contributed by atoms with Crippen LogP contribution in [0.4, 0.5) is 5.69 Å². The highest BCUT2D eigenvalue weighted by atomic mass is 16.6. The molecule has 1 aromatic rings. The van der Waals surface area contributed by atoms with Gasteiger partial charge in [0.1, 0.15) is 6.61 Å². The number of hydrogen-bond acceptors (Lipinski definition) is 5. The molecular formula is C17H19NO5. The molecular weight excluding hydrogens is 298 g/mol. The fourth-order valence-corrected chi connectivity index (χ4v) is 2.99. The highest BCUT2D eigenvalue weighted by Gasteiger charge is 2.48. The zero-order valence-corrected chi connectivity index (χ0v) is 13.4. The van der Waals surface area contributed by atoms with E-state index in [1.807, 2.05) is 32.0 Å². The average molecular weight is 317 g/mol. The molecule has 6 nitrogen and oxygen atoms in total. The molecule has 2 aliphatic heterocycles. The van der Waals surface area contributed by atoms with Gasteiger partial charge < -0.3 is 14.4 Å².